The molecule has 0 aromatic rings. The molecule has 4 atom stereocenters. The SMILES string of the molecule is CSCCC(NC(=O)C(C)NC(=O)C(C)N)C(=O)NC(CC(=O)O)C(=O)O. The van der Waals surface area contributed by atoms with E-state index < -0.39 is 60.2 Å². The van der Waals surface area contributed by atoms with Gasteiger partial charge in [-0.3, -0.25) is 19.2 Å². The first-order valence-corrected chi connectivity index (χ1v) is 9.49. The molecule has 4 unspecified atom stereocenters. The predicted octanol–water partition coefficient (Wildman–Crippen LogP) is -1.88. The standard InChI is InChI=1S/C15H26N4O7S/c1-7(16)12(22)17-8(2)13(23)18-9(4-5-27-3)14(24)19-10(15(25)26)6-11(20)21/h7-10H,4-6,16H2,1-3H3,(H,17,22)(H,18,23)(H,19,24)(H,20,21)(H,25,26). The number of hydrogen-bond donors (Lipinski definition) is 6. The smallest absolute Gasteiger partial charge is 0.326 e. The van der Waals surface area contributed by atoms with Crippen LogP contribution in [-0.4, -0.2) is 76.0 Å². The van der Waals surface area contributed by atoms with Crippen molar-refractivity contribution in [2.75, 3.05) is 12.0 Å². The number of hydrogen-bond acceptors (Lipinski definition) is 7. The van der Waals surface area contributed by atoms with Gasteiger partial charge in [0, 0.05) is 0 Å². The molecule has 0 aromatic heterocycles. The van der Waals surface area contributed by atoms with Crippen molar-refractivity contribution >= 4 is 41.4 Å². The number of carboxylic acid groups (broad SMARTS) is 2. The average Bonchev–Trinajstić information content (AvgIpc) is 2.56. The summed E-state index contributed by atoms with van der Waals surface area (Å²) in [6.45, 7) is 2.85. The molecule has 0 rings (SSSR count). The lowest BCUT2D eigenvalue weighted by atomic mass is 10.1. The third kappa shape index (κ3) is 9.80. The zero-order valence-corrected chi connectivity index (χ0v) is 16.2. The van der Waals surface area contributed by atoms with Crippen LogP contribution in [-0.2, 0) is 24.0 Å². The summed E-state index contributed by atoms with van der Waals surface area (Å²) in [6.07, 6.45) is 1.17. The van der Waals surface area contributed by atoms with Crippen LogP contribution >= 0.6 is 11.8 Å². The van der Waals surface area contributed by atoms with Gasteiger partial charge in [-0.1, -0.05) is 0 Å². The van der Waals surface area contributed by atoms with Crippen molar-refractivity contribution in [3.63, 3.8) is 0 Å². The van der Waals surface area contributed by atoms with Gasteiger partial charge in [0.05, 0.1) is 12.5 Å². The van der Waals surface area contributed by atoms with Crippen molar-refractivity contribution in [2.24, 2.45) is 5.73 Å². The van der Waals surface area contributed by atoms with E-state index in [0.717, 1.165) is 0 Å². The van der Waals surface area contributed by atoms with Crippen molar-refractivity contribution in [3.05, 3.63) is 0 Å². The summed E-state index contributed by atoms with van der Waals surface area (Å²) in [6, 6.07) is -4.50. The summed E-state index contributed by atoms with van der Waals surface area (Å²) in [4.78, 5) is 57.9. The van der Waals surface area contributed by atoms with E-state index in [0.29, 0.717) is 5.75 Å². The van der Waals surface area contributed by atoms with E-state index >= 15 is 0 Å². The molecule has 154 valence electrons. The molecule has 0 fully saturated rings. The molecule has 12 heteroatoms. The Bertz CT molecular complexity index is 570. The van der Waals surface area contributed by atoms with Crippen molar-refractivity contribution < 1.29 is 34.2 Å². The van der Waals surface area contributed by atoms with E-state index in [9.17, 15) is 24.0 Å². The van der Waals surface area contributed by atoms with Gasteiger partial charge >= 0.3 is 11.9 Å². The van der Waals surface area contributed by atoms with Gasteiger partial charge in [0.25, 0.3) is 0 Å². The molecule has 3 amide bonds. The zero-order valence-electron chi connectivity index (χ0n) is 15.4. The first-order valence-electron chi connectivity index (χ1n) is 8.09. The first kappa shape index (κ1) is 24.7. The Balaban J connectivity index is 5.05. The van der Waals surface area contributed by atoms with Gasteiger partial charge < -0.3 is 31.9 Å². The van der Waals surface area contributed by atoms with E-state index in [1.54, 1.807) is 6.26 Å². The van der Waals surface area contributed by atoms with Crippen LogP contribution in [0.4, 0.5) is 0 Å². The van der Waals surface area contributed by atoms with E-state index in [1.165, 1.54) is 25.6 Å². The van der Waals surface area contributed by atoms with Crippen molar-refractivity contribution in [1.82, 2.24) is 16.0 Å². The van der Waals surface area contributed by atoms with Crippen molar-refractivity contribution in [1.29, 1.82) is 0 Å². The van der Waals surface area contributed by atoms with Crippen LogP contribution in [0.1, 0.15) is 26.7 Å². The lowest BCUT2D eigenvalue weighted by Crippen LogP contribution is -2.56. The average molecular weight is 406 g/mol. The number of nitrogens with two attached hydrogens (primary N) is 1. The molecule has 0 saturated carbocycles. The molecule has 0 bridgehead atoms. The van der Waals surface area contributed by atoms with Gasteiger partial charge in [0.2, 0.25) is 17.7 Å². The molecule has 0 spiro atoms. The van der Waals surface area contributed by atoms with Crippen LogP contribution in [0.3, 0.4) is 0 Å². The maximum Gasteiger partial charge on any atom is 0.326 e. The highest BCUT2D eigenvalue weighted by Crippen LogP contribution is 2.04. The number of amides is 3. The fourth-order valence-electron chi connectivity index (χ4n) is 1.86. The van der Waals surface area contributed by atoms with Gasteiger partial charge in [-0.25, -0.2) is 4.79 Å². The largest absolute Gasteiger partial charge is 0.481 e. The van der Waals surface area contributed by atoms with Crippen LogP contribution in [0.25, 0.3) is 0 Å². The minimum atomic E-state index is -1.63. The van der Waals surface area contributed by atoms with Gasteiger partial charge in [-0.15, -0.1) is 0 Å². The van der Waals surface area contributed by atoms with Crippen LogP contribution in [0.15, 0.2) is 0 Å². The summed E-state index contributed by atoms with van der Waals surface area (Å²) < 4.78 is 0. The van der Waals surface area contributed by atoms with Gasteiger partial charge in [-0.05, 0) is 32.3 Å². The Hall–Kier alpha value is -2.34. The maximum absolute atomic E-state index is 12.3. The Morgan fingerprint density at radius 3 is 1.93 bits per heavy atom. The molecular formula is C15H26N4O7S. The second kappa shape index (κ2) is 12.1. The van der Waals surface area contributed by atoms with E-state index in [1.807, 2.05) is 0 Å². The second-order valence-electron chi connectivity index (χ2n) is 5.86. The summed E-state index contributed by atoms with van der Waals surface area (Å²) in [7, 11) is 0. The van der Waals surface area contributed by atoms with Crippen LogP contribution < -0.4 is 21.7 Å². The lowest BCUT2D eigenvalue weighted by molar-refractivity contribution is -0.147. The molecule has 0 heterocycles. The molecule has 27 heavy (non-hydrogen) atoms. The third-order valence-corrected chi connectivity index (χ3v) is 4.05. The second-order valence-corrected chi connectivity index (χ2v) is 6.84. The van der Waals surface area contributed by atoms with Gasteiger partial charge in [0.15, 0.2) is 0 Å². The summed E-state index contributed by atoms with van der Waals surface area (Å²) in [5, 5.41) is 24.7. The highest BCUT2D eigenvalue weighted by molar-refractivity contribution is 7.98. The molecule has 0 radical (unpaired) electrons. The van der Waals surface area contributed by atoms with Crippen molar-refractivity contribution in [3.8, 4) is 0 Å². The molecule has 0 aliphatic carbocycles. The highest BCUT2D eigenvalue weighted by atomic mass is 32.2. The number of carboxylic acids is 2. The van der Waals surface area contributed by atoms with Crippen LogP contribution in [0, 0.1) is 0 Å². The molecule has 7 N–H and O–H groups in total. The molecule has 0 aromatic carbocycles. The van der Waals surface area contributed by atoms with Crippen LogP contribution in [0.5, 0.6) is 0 Å². The maximum atomic E-state index is 12.3. The summed E-state index contributed by atoms with van der Waals surface area (Å²) in [5.74, 6) is -4.43. The minimum absolute atomic E-state index is 0.187. The Morgan fingerprint density at radius 2 is 1.48 bits per heavy atom. The zero-order chi connectivity index (χ0) is 21.1. The molecule has 0 aliphatic heterocycles. The highest BCUT2D eigenvalue weighted by Gasteiger charge is 2.29. The van der Waals surface area contributed by atoms with E-state index in [2.05, 4.69) is 16.0 Å². The monoisotopic (exact) mass is 406 g/mol. The number of rotatable bonds is 12. The van der Waals surface area contributed by atoms with E-state index in [-0.39, 0.29) is 6.42 Å². The topological polar surface area (TPSA) is 188 Å². The van der Waals surface area contributed by atoms with Crippen LogP contribution in [0.2, 0.25) is 0 Å². The first-order chi connectivity index (χ1) is 12.5. The van der Waals surface area contributed by atoms with E-state index in [4.69, 9.17) is 15.9 Å². The Morgan fingerprint density at radius 1 is 0.926 bits per heavy atom. The summed E-state index contributed by atoms with van der Waals surface area (Å²) >= 11 is 1.41. The fourth-order valence-corrected chi connectivity index (χ4v) is 2.33. The molecule has 0 saturated heterocycles. The number of thioether (sulfide) groups is 1. The molecular weight excluding hydrogens is 380 g/mol. The lowest BCUT2D eigenvalue weighted by Gasteiger charge is -2.23. The van der Waals surface area contributed by atoms with Crippen molar-refractivity contribution in [2.45, 2.75) is 50.9 Å². The Kier molecular flexibility index (Phi) is 11.1. The fraction of sp³-hybridized carbons (Fsp3) is 0.667. The Labute approximate surface area is 160 Å². The quantitative estimate of drug-likeness (QED) is 0.215. The number of aliphatic carboxylic acids is 2. The van der Waals surface area contributed by atoms with Gasteiger partial charge in [-0.2, -0.15) is 11.8 Å². The minimum Gasteiger partial charge on any atom is -0.481 e. The number of carbonyl (C=O) groups excluding carboxylic acids is 3. The summed E-state index contributed by atoms with van der Waals surface area (Å²) in [5.41, 5.74) is 5.41. The van der Waals surface area contributed by atoms with Gasteiger partial charge in [0.1, 0.15) is 18.1 Å². The molecule has 0 aliphatic rings. The number of carbonyl (C=O) groups is 5. The number of nitrogens with one attached hydrogen (secondary N) is 3. The predicted molar refractivity (Wildman–Crippen MR) is 98.0 cm³/mol. The third-order valence-electron chi connectivity index (χ3n) is 3.40. The normalized spacial score (nSPS) is 15.0. The molecule has 11 nitrogen and oxygen atoms in total.